The molecule has 3 aromatic carbocycles. The van der Waals surface area contributed by atoms with Crippen molar-refractivity contribution < 1.29 is 22.0 Å². The highest BCUT2D eigenvalue weighted by atomic mass is 19.2. The van der Waals surface area contributed by atoms with Gasteiger partial charge in [-0.1, -0.05) is 49.5 Å². The molecule has 0 nitrogen and oxygen atoms in total. The second kappa shape index (κ2) is 9.16. The summed E-state index contributed by atoms with van der Waals surface area (Å²) in [6, 6.07) is 10.1. The van der Waals surface area contributed by atoms with Gasteiger partial charge in [0.1, 0.15) is 5.82 Å². The first-order chi connectivity index (χ1) is 15.4. The van der Waals surface area contributed by atoms with Crippen LogP contribution in [0.1, 0.15) is 59.1 Å². The van der Waals surface area contributed by atoms with E-state index in [9.17, 15) is 17.6 Å². The molecule has 3 aromatic rings. The molecule has 0 N–H and O–H groups in total. The Bertz CT molecular complexity index is 1230. The standard InChI is InChI=1S/C27H21F5/c1-2-4-16-11-13-22(27(32)26(16)31)20-12-14-21-19(15-20)10-9-18(24(21)29)8-7-17-5-3-6-23(28)25(17)30/h3,5-6,9-11,13,20H,2,4,12,14-15H2,1H3. The first kappa shape index (κ1) is 22.1. The minimum atomic E-state index is -1.07. The number of rotatable bonds is 3. The maximum Gasteiger partial charge on any atom is 0.174 e. The molecule has 1 aliphatic carbocycles. The van der Waals surface area contributed by atoms with E-state index in [0.29, 0.717) is 42.4 Å². The van der Waals surface area contributed by atoms with E-state index in [-0.39, 0.29) is 17.0 Å². The average Bonchev–Trinajstić information content (AvgIpc) is 2.79. The van der Waals surface area contributed by atoms with E-state index in [1.165, 1.54) is 18.2 Å². The van der Waals surface area contributed by atoms with E-state index in [2.05, 4.69) is 11.8 Å². The molecule has 0 saturated carbocycles. The van der Waals surface area contributed by atoms with Gasteiger partial charge >= 0.3 is 0 Å². The predicted molar refractivity (Wildman–Crippen MR) is 114 cm³/mol. The summed E-state index contributed by atoms with van der Waals surface area (Å²) in [7, 11) is 0. The van der Waals surface area contributed by atoms with Gasteiger partial charge in [-0.3, -0.25) is 0 Å². The lowest BCUT2D eigenvalue weighted by Crippen LogP contribution is -2.17. The molecule has 5 heteroatoms. The first-order valence-electron chi connectivity index (χ1n) is 10.6. The van der Waals surface area contributed by atoms with Gasteiger partial charge in [0.15, 0.2) is 23.3 Å². The van der Waals surface area contributed by atoms with Gasteiger partial charge in [0, 0.05) is 0 Å². The quantitative estimate of drug-likeness (QED) is 0.304. The SMILES string of the molecule is CCCc1ccc(C2CCc3c(ccc(C#Cc4cccc(F)c4F)c3F)C2)c(F)c1F. The van der Waals surface area contributed by atoms with E-state index in [0.717, 1.165) is 18.1 Å². The summed E-state index contributed by atoms with van der Waals surface area (Å²) in [6.07, 6.45) is 2.42. The molecule has 0 amide bonds. The summed E-state index contributed by atoms with van der Waals surface area (Å²) >= 11 is 0. The Morgan fingerprint density at radius 3 is 2.31 bits per heavy atom. The van der Waals surface area contributed by atoms with Crippen molar-refractivity contribution in [2.24, 2.45) is 0 Å². The van der Waals surface area contributed by atoms with Gasteiger partial charge in [0.2, 0.25) is 0 Å². The fraction of sp³-hybridized carbons (Fsp3) is 0.259. The molecule has 0 aromatic heterocycles. The fourth-order valence-corrected chi connectivity index (χ4v) is 4.29. The third-order valence-electron chi connectivity index (χ3n) is 5.98. The van der Waals surface area contributed by atoms with Crippen molar-refractivity contribution in [3.05, 3.63) is 105 Å². The van der Waals surface area contributed by atoms with Crippen LogP contribution >= 0.6 is 0 Å². The predicted octanol–water partition coefficient (Wildman–Crippen LogP) is 7.01. The van der Waals surface area contributed by atoms with Crippen LogP contribution in [0.15, 0.2) is 42.5 Å². The van der Waals surface area contributed by atoms with Crippen molar-refractivity contribution in [3.8, 4) is 11.8 Å². The lowest BCUT2D eigenvalue weighted by atomic mass is 9.79. The second-order valence-corrected chi connectivity index (χ2v) is 8.05. The summed E-state index contributed by atoms with van der Waals surface area (Å²) in [6.45, 7) is 1.91. The Kier molecular flexibility index (Phi) is 6.32. The van der Waals surface area contributed by atoms with Crippen LogP contribution < -0.4 is 0 Å². The summed E-state index contributed by atoms with van der Waals surface area (Å²) in [4.78, 5) is 0. The molecule has 32 heavy (non-hydrogen) atoms. The van der Waals surface area contributed by atoms with Crippen LogP contribution in [-0.2, 0) is 19.3 Å². The van der Waals surface area contributed by atoms with Gasteiger partial charge in [-0.2, -0.15) is 0 Å². The summed E-state index contributed by atoms with van der Waals surface area (Å²) in [5.74, 6) is 0.627. The van der Waals surface area contributed by atoms with Crippen LogP contribution in [0.4, 0.5) is 22.0 Å². The number of halogens is 5. The van der Waals surface area contributed by atoms with Crippen molar-refractivity contribution in [2.75, 3.05) is 0 Å². The van der Waals surface area contributed by atoms with Crippen LogP contribution in [0.3, 0.4) is 0 Å². The lowest BCUT2D eigenvalue weighted by Gasteiger charge is -2.26. The zero-order valence-corrected chi connectivity index (χ0v) is 17.5. The maximum absolute atomic E-state index is 15.0. The summed E-state index contributed by atoms with van der Waals surface area (Å²) in [5.41, 5.74) is 1.83. The second-order valence-electron chi connectivity index (χ2n) is 8.05. The van der Waals surface area contributed by atoms with E-state index in [1.54, 1.807) is 18.2 Å². The van der Waals surface area contributed by atoms with E-state index < -0.39 is 29.1 Å². The highest BCUT2D eigenvalue weighted by Gasteiger charge is 2.27. The van der Waals surface area contributed by atoms with Crippen molar-refractivity contribution in [2.45, 2.75) is 44.9 Å². The van der Waals surface area contributed by atoms with Crippen LogP contribution in [0, 0.1) is 40.9 Å². The van der Waals surface area contributed by atoms with Crippen molar-refractivity contribution in [1.29, 1.82) is 0 Å². The average molecular weight is 440 g/mol. The van der Waals surface area contributed by atoms with Crippen molar-refractivity contribution in [1.82, 2.24) is 0 Å². The Morgan fingerprint density at radius 1 is 0.812 bits per heavy atom. The lowest BCUT2D eigenvalue weighted by molar-refractivity contribution is 0.463. The van der Waals surface area contributed by atoms with Gasteiger partial charge in [0.25, 0.3) is 0 Å². The maximum atomic E-state index is 15.0. The first-order valence-corrected chi connectivity index (χ1v) is 10.6. The third-order valence-corrected chi connectivity index (χ3v) is 5.98. The normalized spacial score (nSPS) is 15.1. The van der Waals surface area contributed by atoms with Crippen LogP contribution in [0.2, 0.25) is 0 Å². The molecular formula is C27H21F5. The molecular weight excluding hydrogens is 419 g/mol. The summed E-state index contributed by atoms with van der Waals surface area (Å²) in [5, 5.41) is 0. The van der Waals surface area contributed by atoms with Gasteiger partial charge in [-0.05, 0) is 72.1 Å². The number of hydrogen-bond acceptors (Lipinski definition) is 0. The Labute approximate surface area is 184 Å². The zero-order valence-electron chi connectivity index (χ0n) is 17.5. The molecule has 1 unspecified atom stereocenters. The molecule has 164 valence electrons. The molecule has 0 heterocycles. The molecule has 1 aliphatic rings. The third kappa shape index (κ3) is 4.14. The minimum absolute atomic E-state index is 0.0898. The van der Waals surface area contributed by atoms with E-state index in [1.807, 2.05) is 6.92 Å². The largest absolute Gasteiger partial charge is 0.205 e. The molecule has 0 fully saturated rings. The van der Waals surface area contributed by atoms with Crippen molar-refractivity contribution in [3.63, 3.8) is 0 Å². The van der Waals surface area contributed by atoms with Crippen LogP contribution in [0.5, 0.6) is 0 Å². The smallest absolute Gasteiger partial charge is 0.174 e. The van der Waals surface area contributed by atoms with Gasteiger partial charge in [-0.25, -0.2) is 22.0 Å². The van der Waals surface area contributed by atoms with Crippen LogP contribution in [-0.4, -0.2) is 0 Å². The van der Waals surface area contributed by atoms with Crippen molar-refractivity contribution >= 4 is 0 Å². The number of hydrogen-bond donors (Lipinski definition) is 0. The number of benzene rings is 3. The number of fused-ring (bicyclic) bond motifs is 1. The zero-order chi connectivity index (χ0) is 22.8. The molecule has 0 saturated heterocycles. The monoisotopic (exact) mass is 440 g/mol. The molecule has 0 bridgehead atoms. The molecule has 4 rings (SSSR count). The molecule has 0 spiro atoms. The Balaban J connectivity index is 1.60. The Hall–Kier alpha value is -3.13. The highest BCUT2D eigenvalue weighted by Crippen LogP contribution is 2.36. The molecule has 0 aliphatic heterocycles. The van der Waals surface area contributed by atoms with E-state index in [4.69, 9.17) is 0 Å². The molecule has 1 atom stereocenters. The molecule has 0 radical (unpaired) electrons. The Morgan fingerprint density at radius 2 is 1.56 bits per heavy atom. The van der Waals surface area contributed by atoms with Gasteiger partial charge in [-0.15, -0.1) is 0 Å². The number of aryl methyl sites for hydroxylation is 1. The fourth-order valence-electron chi connectivity index (χ4n) is 4.29. The topological polar surface area (TPSA) is 0 Å². The van der Waals surface area contributed by atoms with Crippen LogP contribution in [0.25, 0.3) is 0 Å². The van der Waals surface area contributed by atoms with E-state index >= 15 is 4.39 Å². The highest BCUT2D eigenvalue weighted by molar-refractivity contribution is 5.48. The van der Waals surface area contributed by atoms with Gasteiger partial charge in [0.05, 0.1) is 11.1 Å². The minimum Gasteiger partial charge on any atom is -0.205 e. The van der Waals surface area contributed by atoms with Gasteiger partial charge < -0.3 is 0 Å². The summed E-state index contributed by atoms with van der Waals surface area (Å²) < 4.78 is 71.2.